The molecule has 2 aromatic rings. The van der Waals surface area contributed by atoms with Gasteiger partial charge in [0, 0.05) is 11.6 Å². The predicted molar refractivity (Wildman–Crippen MR) is 91.1 cm³/mol. The van der Waals surface area contributed by atoms with Crippen molar-refractivity contribution in [3.8, 4) is 0 Å². The molecule has 2 rings (SSSR count). The molecule has 0 aliphatic carbocycles. The van der Waals surface area contributed by atoms with Gasteiger partial charge in [-0.2, -0.15) is 0 Å². The molecule has 0 spiro atoms. The number of anilines is 1. The van der Waals surface area contributed by atoms with E-state index < -0.39 is 23.8 Å². The zero-order valence-corrected chi connectivity index (χ0v) is 13.6. The Labute approximate surface area is 143 Å². The van der Waals surface area contributed by atoms with Gasteiger partial charge in [-0.1, -0.05) is 41.9 Å². The van der Waals surface area contributed by atoms with Gasteiger partial charge in [0.15, 0.2) is 6.10 Å². The molecule has 0 aliphatic rings. The van der Waals surface area contributed by atoms with E-state index in [1.807, 2.05) is 0 Å². The van der Waals surface area contributed by atoms with Gasteiger partial charge in [0.05, 0.1) is 10.7 Å². The summed E-state index contributed by atoms with van der Waals surface area (Å²) in [6.07, 6.45) is 1.33. The molecule has 0 saturated carbocycles. The topological polar surface area (TPSA) is 55.4 Å². The summed E-state index contributed by atoms with van der Waals surface area (Å²) >= 11 is 5.94. The molecular formula is C18H15ClFNO3. The molecule has 0 fully saturated rings. The maximum absolute atomic E-state index is 13.4. The fourth-order valence-electron chi connectivity index (χ4n) is 1.83. The Kier molecular flexibility index (Phi) is 6.09. The predicted octanol–water partition coefficient (Wildman–Crippen LogP) is 4.06. The molecule has 0 heterocycles. The normalized spacial score (nSPS) is 12.0. The van der Waals surface area contributed by atoms with E-state index >= 15 is 0 Å². The van der Waals surface area contributed by atoms with Crippen LogP contribution in [0.15, 0.2) is 54.6 Å². The molecule has 4 nitrogen and oxygen atoms in total. The van der Waals surface area contributed by atoms with Gasteiger partial charge in [-0.15, -0.1) is 0 Å². The number of benzene rings is 2. The Morgan fingerprint density at radius 1 is 1.17 bits per heavy atom. The first-order valence-electron chi connectivity index (χ1n) is 7.16. The van der Waals surface area contributed by atoms with Crippen molar-refractivity contribution in [2.24, 2.45) is 0 Å². The van der Waals surface area contributed by atoms with E-state index in [0.717, 1.165) is 6.08 Å². The van der Waals surface area contributed by atoms with E-state index in [9.17, 15) is 14.0 Å². The van der Waals surface area contributed by atoms with E-state index in [2.05, 4.69) is 5.32 Å². The lowest BCUT2D eigenvalue weighted by Gasteiger charge is -2.13. The first-order chi connectivity index (χ1) is 11.5. The van der Waals surface area contributed by atoms with Crippen molar-refractivity contribution in [2.45, 2.75) is 13.0 Å². The smallest absolute Gasteiger partial charge is 0.331 e. The largest absolute Gasteiger partial charge is 0.449 e. The molecule has 1 amide bonds. The van der Waals surface area contributed by atoms with Crippen LogP contribution in [0.4, 0.5) is 10.1 Å². The molecule has 1 N–H and O–H groups in total. The van der Waals surface area contributed by atoms with Crippen LogP contribution < -0.4 is 5.32 Å². The number of nitrogens with one attached hydrogen (secondary N) is 1. The van der Waals surface area contributed by atoms with Gasteiger partial charge >= 0.3 is 5.97 Å². The lowest BCUT2D eigenvalue weighted by Crippen LogP contribution is -2.29. The van der Waals surface area contributed by atoms with Crippen LogP contribution >= 0.6 is 11.6 Å². The van der Waals surface area contributed by atoms with E-state index in [4.69, 9.17) is 16.3 Å². The number of carbonyl (C=O) groups is 2. The molecular weight excluding hydrogens is 333 g/mol. The lowest BCUT2D eigenvalue weighted by atomic mass is 10.2. The summed E-state index contributed by atoms with van der Waals surface area (Å²) in [7, 11) is 0. The molecule has 6 heteroatoms. The van der Waals surface area contributed by atoms with E-state index in [1.54, 1.807) is 36.4 Å². The fourth-order valence-corrected chi connectivity index (χ4v) is 2.02. The second-order valence-corrected chi connectivity index (χ2v) is 5.31. The number of rotatable bonds is 5. The van der Waals surface area contributed by atoms with Crippen molar-refractivity contribution in [3.05, 3.63) is 71.0 Å². The average molecular weight is 348 g/mol. The van der Waals surface area contributed by atoms with Crippen molar-refractivity contribution < 1.29 is 18.7 Å². The van der Waals surface area contributed by atoms with E-state index in [-0.39, 0.29) is 5.56 Å². The van der Waals surface area contributed by atoms with Gasteiger partial charge in [-0.05, 0) is 31.2 Å². The van der Waals surface area contributed by atoms with Crippen molar-refractivity contribution >= 4 is 35.2 Å². The van der Waals surface area contributed by atoms with Crippen LogP contribution in [0.3, 0.4) is 0 Å². The number of para-hydroxylation sites is 1. The van der Waals surface area contributed by atoms with Gasteiger partial charge in [-0.3, -0.25) is 4.79 Å². The standard InChI is InChI=1S/C18H15ClFNO3/c1-12(18(23)21-16-9-5-3-7-14(16)19)24-17(22)11-10-13-6-2-4-8-15(13)20/h2-12H,1H3,(H,21,23)/b11-10+/t12-/m1/s1. The number of esters is 1. The molecule has 1 atom stereocenters. The zero-order chi connectivity index (χ0) is 17.5. The third kappa shape index (κ3) is 4.93. The minimum Gasteiger partial charge on any atom is -0.449 e. The maximum atomic E-state index is 13.4. The highest BCUT2D eigenvalue weighted by atomic mass is 35.5. The van der Waals surface area contributed by atoms with Crippen molar-refractivity contribution in [1.82, 2.24) is 0 Å². The average Bonchev–Trinajstić information content (AvgIpc) is 2.56. The number of carbonyl (C=O) groups excluding carboxylic acids is 2. The monoisotopic (exact) mass is 347 g/mol. The van der Waals surface area contributed by atoms with Crippen molar-refractivity contribution in [3.63, 3.8) is 0 Å². The molecule has 24 heavy (non-hydrogen) atoms. The summed E-state index contributed by atoms with van der Waals surface area (Å²) in [5.74, 6) is -1.72. The van der Waals surface area contributed by atoms with Crippen LogP contribution in [0.2, 0.25) is 5.02 Å². The lowest BCUT2D eigenvalue weighted by molar-refractivity contribution is -0.148. The summed E-state index contributed by atoms with van der Waals surface area (Å²) < 4.78 is 18.4. The van der Waals surface area contributed by atoms with Crippen LogP contribution in [0.5, 0.6) is 0 Å². The molecule has 124 valence electrons. The maximum Gasteiger partial charge on any atom is 0.331 e. The second-order valence-electron chi connectivity index (χ2n) is 4.90. The number of ether oxygens (including phenoxy) is 1. The minimum absolute atomic E-state index is 0.252. The third-order valence-electron chi connectivity index (χ3n) is 3.10. The minimum atomic E-state index is -1.03. The van der Waals surface area contributed by atoms with Gasteiger partial charge < -0.3 is 10.1 Å². The fraction of sp³-hybridized carbons (Fsp3) is 0.111. The van der Waals surface area contributed by atoms with E-state index in [1.165, 1.54) is 25.1 Å². The molecule has 0 radical (unpaired) electrons. The molecule has 2 aromatic carbocycles. The Morgan fingerprint density at radius 3 is 2.54 bits per heavy atom. The number of amides is 1. The van der Waals surface area contributed by atoms with Gasteiger partial charge in [0.1, 0.15) is 5.82 Å². The highest BCUT2D eigenvalue weighted by Crippen LogP contribution is 2.20. The van der Waals surface area contributed by atoms with Crippen LogP contribution in [-0.2, 0) is 14.3 Å². The SMILES string of the molecule is C[C@@H](OC(=O)/C=C/c1ccccc1F)C(=O)Nc1ccccc1Cl. The van der Waals surface area contributed by atoms with Gasteiger partial charge in [-0.25, -0.2) is 9.18 Å². The molecule has 0 bridgehead atoms. The van der Waals surface area contributed by atoms with Crippen LogP contribution in [0.25, 0.3) is 6.08 Å². The molecule has 0 aromatic heterocycles. The van der Waals surface area contributed by atoms with Crippen molar-refractivity contribution in [1.29, 1.82) is 0 Å². The highest BCUT2D eigenvalue weighted by Gasteiger charge is 2.17. The van der Waals surface area contributed by atoms with E-state index in [0.29, 0.717) is 10.7 Å². The summed E-state index contributed by atoms with van der Waals surface area (Å²) in [6, 6.07) is 12.7. The van der Waals surface area contributed by atoms with Gasteiger partial charge in [0.25, 0.3) is 5.91 Å². The zero-order valence-electron chi connectivity index (χ0n) is 12.8. The van der Waals surface area contributed by atoms with Crippen LogP contribution in [-0.4, -0.2) is 18.0 Å². The first kappa shape index (κ1) is 17.7. The quantitative estimate of drug-likeness (QED) is 0.655. The van der Waals surface area contributed by atoms with Crippen LogP contribution in [0.1, 0.15) is 12.5 Å². The Hall–Kier alpha value is -2.66. The van der Waals surface area contributed by atoms with Gasteiger partial charge in [0.2, 0.25) is 0 Å². The summed E-state index contributed by atoms with van der Waals surface area (Å²) in [5.41, 5.74) is 0.677. The number of hydrogen-bond donors (Lipinski definition) is 1. The Morgan fingerprint density at radius 2 is 1.83 bits per heavy atom. The molecule has 0 aliphatic heterocycles. The Balaban J connectivity index is 1.92. The van der Waals surface area contributed by atoms with Crippen molar-refractivity contribution in [2.75, 3.05) is 5.32 Å². The summed E-state index contributed by atoms with van der Waals surface area (Å²) in [5, 5.41) is 2.94. The second kappa shape index (κ2) is 8.26. The molecule has 0 unspecified atom stereocenters. The number of halogens is 2. The Bertz CT molecular complexity index is 776. The molecule has 0 saturated heterocycles. The van der Waals surface area contributed by atoms with Crippen LogP contribution in [0, 0.1) is 5.82 Å². The summed E-state index contributed by atoms with van der Waals surface area (Å²) in [4.78, 5) is 23.7. The number of hydrogen-bond acceptors (Lipinski definition) is 3. The third-order valence-corrected chi connectivity index (χ3v) is 3.43. The highest BCUT2D eigenvalue weighted by molar-refractivity contribution is 6.33. The summed E-state index contributed by atoms with van der Waals surface area (Å²) in [6.45, 7) is 1.43. The first-order valence-corrected chi connectivity index (χ1v) is 7.54.